The fourth-order valence-electron chi connectivity index (χ4n) is 0.970. The zero-order valence-corrected chi connectivity index (χ0v) is 12.7. The number of rotatable bonds is 2. The van der Waals surface area contributed by atoms with Gasteiger partial charge in [0.15, 0.2) is 0 Å². The molecule has 0 spiro atoms. The van der Waals surface area contributed by atoms with Crippen molar-refractivity contribution in [2.45, 2.75) is 0 Å². The van der Waals surface area contributed by atoms with Crippen LogP contribution in [-0.4, -0.2) is 7.11 Å². The third-order valence-electron chi connectivity index (χ3n) is 1.74. The van der Waals surface area contributed by atoms with Crippen molar-refractivity contribution in [1.29, 1.82) is 0 Å². The summed E-state index contributed by atoms with van der Waals surface area (Å²) in [7, 11) is 1.59. The van der Waals surface area contributed by atoms with Crippen LogP contribution >= 0.6 is 0 Å². The SMILES string of the molecule is COc1ccc(N=[N-])cc1.[C-]#[O+].[C-]#[O+].[Mo].c1cc[cH-]c1. The number of benzene rings is 1. The maximum Gasteiger partial charge on any atom is 0 e. The summed E-state index contributed by atoms with van der Waals surface area (Å²) in [5.41, 5.74) is 8.81. The van der Waals surface area contributed by atoms with E-state index in [0.29, 0.717) is 5.69 Å². The van der Waals surface area contributed by atoms with Crippen molar-refractivity contribution in [1.82, 2.24) is 0 Å². The fraction of sp³-hybridized carbons (Fsp3) is 0.0714. The molecule has 0 saturated carbocycles. The third-order valence-corrected chi connectivity index (χ3v) is 1.74. The fourth-order valence-corrected chi connectivity index (χ4v) is 0.970. The zero-order valence-electron chi connectivity index (χ0n) is 10.7. The molecule has 0 aliphatic heterocycles. The molecule has 0 saturated heterocycles. The molecular weight excluding hydrogens is 340 g/mol. The smallest absolute Gasteiger partial charge is 0 e. The molecular formula is C14H12MoN2O3-2. The van der Waals surface area contributed by atoms with Crippen molar-refractivity contribution in [2.75, 3.05) is 7.11 Å². The summed E-state index contributed by atoms with van der Waals surface area (Å²) in [6, 6.07) is 16.8. The predicted octanol–water partition coefficient (Wildman–Crippen LogP) is 3.68. The summed E-state index contributed by atoms with van der Waals surface area (Å²) < 4.78 is 19.9. The van der Waals surface area contributed by atoms with Gasteiger partial charge in [0.25, 0.3) is 0 Å². The Morgan fingerprint density at radius 3 is 1.75 bits per heavy atom. The first-order valence-electron chi connectivity index (χ1n) is 4.93. The molecule has 0 heterocycles. The number of ether oxygens (including phenoxy) is 1. The minimum absolute atomic E-state index is 0. The summed E-state index contributed by atoms with van der Waals surface area (Å²) in [4.78, 5) is 0. The Hall–Kier alpha value is -1.86. The quantitative estimate of drug-likeness (QED) is 0.351. The van der Waals surface area contributed by atoms with E-state index in [1.165, 1.54) is 0 Å². The summed E-state index contributed by atoms with van der Waals surface area (Å²) in [6.45, 7) is 9.00. The molecule has 0 radical (unpaired) electrons. The molecule has 5 nitrogen and oxygen atoms in total. The van der Waals surface area contributed by atoms with Crippen LogP contribution in [0.3, 0.4) is 0 Å². The predicted molar refractivity (Wildman–Crippen MR) is 68.3 cm³/mol. The van der Waals surface area contributed by atoms with Crippen LogP contribution in [0.1, 0.15) is 0 Å². The average molecular weight is 352 g/mol. The molecule has 0 bridgehead atoms. The molecule has 0 fully saturated rings. The van der Waals surface area contributed by atoms with E-state index in [1.54, 1.807) is 31.4 Å². The van der Waals surface area contributed by atoms with E-state index in [0.717, 1.165) is 5.75 Å². The van der Waals surface area contributed by atoms with Gasteiger partial charge in [-0.25, -0.2) is 12.1 Å². The van der Waals surface area contributed by atoms with Crippen LogP contribution in [-0.2, 0) is 30.4 Å². The molecule has 2 aromatic carbocycles. The summed E-state index contributed by atoms with van der Waals surface area (Å²) in [5, 5.41) is 2.99. The molecule has 0 amide bonds. The molecule has 0 aromatic heterocycles. The largest absolute Gasteiger partial charge is 0.214 e. The summed E-state index contributed by atoms with van der Waals surface area (Å²) in [5.74, 6) is 0.757. The van der Waals surface area contributed by atoms with Crippen molar-refractivity contribution in [2.24, 2.45) is 5.11 Å². The Morgan fingerprint density at radius 1 is 1.05 bits per heavy atom. The molecule has 0 unspecified atom stereocenters. The molecule has 0 N–H and O–H groups in total. The van der Waals surface area contributed by atoms with Crippen LogP contribution in [0.15, 0.2) is 59.7 Å². The van der Waals surface area contributed by atoms with Crippen molar-refractivity contribution in [3.05, 3.63) is 73.4 Å². The molecule has 0 aliphatic rings. The standard InChI is InChI=1S/C7H7N2O.C5H5.2CO.Mo/c1-10-7-4-2-6(9-8)3-5-7;1-2-4-5-3-1;2*1-2;/h2-5H,1H3;1-5H;;;/q2*-1;;;. The van der Waals surface area contributed by atoms with Crippen molar-refractivity contribution in [3.63, 3.8) is 0 Å². The van der Waals surface area contributed by atoms with E-state index in [4.69, 9.17) is 19.6 Å². The summed E-state index contributed by atoms with van der Waals surface area (Å²) >= 11 is 0. The van der Waals surface area contributed by atoms with E-state index in [2.05, 4.69) is 18.4 Å². The minimum Gasteiger partial charge on any atom is -0.214 e. The maximum atomic E-state index is 8.29. The van der Waals surface area contributed by atoms with Crippen LogP contribution < -0.4 is 4.74 Å². The topological polar surface area (TPSA) is 83.7 Å². The van der Waals surface area contributed by atoms with E-state index >= 15 is 0 Å². The second-order valence-corrected chi connectivity index (χ2v) is 2.76. The monoisotopic (exact) mass is 354 g/mol. The first-order chi connectivity index (χ1) is 9.36. The van der Waals surface area contributed by atoms with E-state index in [-0.39, 0.29) is 21.1 Å². The molecule has 0 atom stereocenters. The van der Waals surface area contributed by atoms with Gasteiger partial charge in [-0.1, -0.05) is 0 Å². The molecule has 6 heteroatoms. The van der Waals surface area contributed by atoms with Gasteiger partial charge in [-0.15, -0.1) is 0 Å². The Morgan fingerprint density at radius 2 is 1.50 bits per heavy atom. The second-order valence-electron chi connectivity index (χ2n) is 2.76. The molecule has 2 rings (SSSR count). The van der Waals surface area contributed by atoms with E-state index in [9.17, 15) is 0 Å². The normalized spacial score (nSPS) is 6.65. The number of hydrogen-bond acceptors (Lipinski definition) is 2. The molecule has 20 heavy (non-hydrogen) atoms. The van der Waals surface area contributed by atoms with Crippen LogP contribution in [0.25, 0.3) is 5.53 Å². The number of nitrogens with zero attached hydrogens (tertiary/aromatic N) is 2. The van der Waals surface area contributed by atoms with E-state index in [1.807, 2.05) is 30.3 Å². The molecule has 2 aromatic rings. The number of hydrogen-bond donors (Lipinski definition) is 0. The van der Waals surface area contributed by atoms with Gasteiger partial charge < -0.3 is 15.4 Å². The van der Waals surface area contributed by atoms with Crippen LogP contribution in [0.4, 0.5) is 5.69 Å². The molecule has 104 valence electrons. The Kier molecular flexibility index (Phi) is 22.6. The van der Waals surface area contributed by atoms with Crippen molar-refractivity contribution in [3.8, 4) is 5.75 Å². The van der Waals surface area contributed by atoms with Crippen LogP contribution in [0.2, 0.25) is 0 Å². The Balaban J connectivity index is -0.000000246. The summed E-state index contributed by atoms with van der Waals surface area (Å²) in [6.07, 6.45) is 0. The van der Waals surface area contributed by atoms with Crippen molar-refractivity contribution >= 4 is 5.69 Å². The molecule has 0 aliphatic carbocycles. The minimum atomic E-state index is 0. The van der Waals surface area contributed by atoms with Gasteiger partial charge in [0.1, 0.15) is 5.75 Å². The van der Waals surface area contributed by atoms with Crippen LogP contribution in [0, 0.1) is 13.3 Å². The van der Waals surface area contributed by atoms with Gasteiger partial charge in [0.2, 0.25) is 0 Å². The maximum absolute atomic E-state index is 8.29. The Bertz CT molecular complexity index is 427. The van der Waals surface area contributed by atoms with Gasteiger partial charge in [0.05, 0.1) is 7.11 Å². The zero-order chi connectivity index (χ0) is 14.9. The van der Waals surface area contributed by atoms with Crippen molar-refractivity contribution < 1.29 is 35.1 Å². The van der Waals surface area contributed by atoms with E-state index < -0.39 is 0 Å². The first-order valence-corrected chi connectivity index (χ1v) is 4.93. The number of methoxy groups -OCH3 is 1. The van der Waals surface area contributed by atoms with Gasteiger partial charge in [-0.2, -0.15) is 18.2 Å². The third kappa shape index (κ3) is 12.6. The first kappa shape index (κ1) is 23.2. The van der Waals surface area contributed by atoms with Gasteiger partial charge in [0, 0.05) is 26.8 Å². The van der Waals surface area contributed by atoms with Crippen LogP contribution in [0.5, 0.6) is 5.75 Å². The Labute approximate surface area is 132 Å². The van der Waals surface area contributed by atoms with Gasteiger partial charge >= 0.3 is 22.6 Å². The van der Waals surface area contributed by atoms with Gasteiger partial charge in [-0.05, 0) is 24.3 Å². The second kappa shape index (κ2) is 19.5. The van der Waals surface area contributed by atoms with Gasteiger partial charge in [-0.3, -0.25) is 0 Å². The average Bonchev–Trinajstić information content (AvgIpc) is 3.11.